The quantitative estimate of drug-likeness (QED) is 0.379. The Kier molecular flexibility index (Phi) is 8.51. The highest BCUT2D eigenvalue weighted by Gasteiger charge is 2.43. The lowest BCUT2D eigenvalue weighted by atomic mass is 10.0. The van der Waals surface area contributed by atoms with E-state index in [-0.39, 0.29) is 6.54 Å². The van der Waals surface area contributed by atoms with E-state index in [9.17, 15) is 33.1 Å². The molecule has 1 aliphatic rings. The van der Waals surface area contributed by atoms with Crippen LogP contribution in [0.1, 0.15) is 31.0 Å². The summed E-state index contributed by atoms with van der Waals surface area (Å²) in [5.41, 5.74) is 6.45. The first-order valence-corrected chi connectivity index (χ1v) is 11.6. The molecule has 3 rings (SSSR count). The number of nitrogen functional groups attached to an aromatic ring is 1. The van der Waals surface area contributed by atoms with Crippen molar-refractivity contribution in [2.75, 3.05) is 25.2 Å². The molecule has 0 aromatic heterocycles. The molecule has 4 amide bonds. The van der Waals surface area contributed by atoms with Gasteiger partial charge in [0.2, 0.25) is 11.8 Å². The molecule has 1 aliphatic heterocycles. The van der Waals surface area contributed by atoms with Crippen molar-refractivity contribution >= 4 is 35.2 Å². The molecular formula is C25H29F2N5O6. The van der Waals surface area contributed by atoms with Crippen molar-refractivity contribution in [3.63, 3.8) is 0 Å². The molecule has 38 heavy (non-hydrogen) atoms. The van der Waals surface area contributed by atoms with Gasteiger partial charge in [-0.25, -0.2) is 13.6 Å². The van der Waals surface area contributed by atoms with Gasteiger partial charge in [-0.15, -0.1) is 0 Å². The Labute approximate surface area is 217 Å². The van der Waals surface area contributed by atoms with Crippen LogP contribution >= 0.6 is 0 Å². The summed E-state index contributed by atoms with van der Waals surface area (Å²) in [6.45, 7) is 2.79. The average Bonchev–Trinajstić information content (AvgIpc) is 3.26. The molecule has 0 saturated heterocycles. The number of hydrogen-bond acceptors (Lipinski definition) is 6. The molecule has 11 nitrogen and oxygen atoms in total. The molecule has 2 aromatic rings. The number of fused-ring (bicyclic) bond motifs is 1. The molecule has 1 heterocycles. The van der Waals surface area contributed by atoms with Gasteiger partial charge in [0.05, 0.1) is 6.10 Å². The highest BCUT2D eigenvalue weighted by atomic mass is 19.1. The number of nitrogens with one attached hydrogen (secondary N) is 2. The smallest absolute Gasteiger partial charge is 0.407 e. The Morgan fingerprint density at radius 2 is 1.79 bits per heavy atom. The number of halogens is 2. The van der Waals surface area contributed by atoms with E-state index < -0.39 is 65.4 Å². The van der Waals surface area contributed by atoms with Crippen molar-refractivity contribution in [3.05, 3.63) is 59.2 Å². The van der Waals surface area contributed by atoms with Crippen molar-refractivity contribution < 1.29 is 37.8 Å². The molecule has 0 radical (unpaired) electrons. The van der Waals surface area contributed by atoms with Crippen LogP contribution in [-0.4, -0.2) is 71.1 Å². The Morgan fingerprint density at radius 3 is 2.37 bits per heavy atom. The number of nitrogens with two attached hydrogens (primary N) is 1. The number of methoxy groups -OCH3 is 1. The van der Waals surface area contributed by atoms with Gasteiger partial charge in [-0.05, 0) is 49.2 Å². The third kappa shape index (κ3) is 5.67. The standard InChI is InChI=1S/C25H29F2N5O6/c1-12(31(3)25(36)37)22(33)29-19(13(2)38-4)24(35)32-11-14-8-9-15(28)10-16(14)21(32)23(34)30-20-17(26)6-5-7-18(20)27/h5-10,12-13,19,21H,11,28H2,1-4H3,(H,29,33)(H,30,34)(H,36,37)/t12?,13-,19+,21+/m1/s1. The predicted octanol–water partition coefficient (Wildman–Crippen LogP) is 2.09. The summed E-state index contributed by atoms with van der Waals surface area (Å²) in [6.07, 6.45) is -2.24. The topological polar surface area (TPSA) is 154 Å². The van der Waals surface area contributed by atoms with Crippen molar-refractivity contribution in [3.8, 4) is 0 Å². The zero-order chi connectivity index (χ0) is 28.3. The van der Waals surface area contributed by atoms with E-state index >= 15 is 0 Å². The first kappa shape index (κ1) is 28.3. The fraction of sp³-hybridized carbons (Fsp3) is 0.360. The minimum absolute atomic E-state index is 0.0698. The Bertz CT molecular complexity index is 1240. The molecule has 0 aliphatic carbocycles. The van der Waals surface area contributed by atoms with Gasteiger partial charge in [-0.2, -0.15) is 0 Å². The van der Waals surface area contributed by atoms with E-state index in [1.807, 2.05) is 0 Å². The number of amides is 4. The van der Waals surface area contributed by atoms with Crippen molar-refractivity contribution in [1.82, 2.24) is 15.1 Å². The Balaban J connectivity index is 1.97. The fourth-order valence-corrected chi connectivity index (χ4v) is 4.06. The van der Waals surface area contributed by atoms with Gasteiger partial charge < -0.3 is 31.1 Å². The largest absolute Gasteiger partial charge is 0.465 e. The minimum Gasteiger partial charge on any atom is -0.465 e. The molecule has 2 aromatic carbocycles. The molecule has 4 atom stereocenters. The highest BCUT2D eigenvalue weighted by molar-refractivity contribution is 6.00. The van der Waals surface area contributed by atoms with E-state index in [4.69, 9.17) is 10.5 Å². The fourth-order valence-electron chi connectivity index (χ4n) is 4.06. The summed E-state index contributed by atoms with van der Waals surface area (Å²) in [7, 11) is 2.52. The molecule has 1 unspecified atom stereocenters. The van der Waals surface area contributed by atoms with Crippen LogP contribution in [0.25, 0.3) is 0 Å². The lowest BCUT2D eigenvalue weighted by Gasteiger charge is -2.32. The monoisotopic (exact) mass is 533 g/mol. The molecule has 0 bridgehead atoms. The number of carbonyl (C=O) groups is 4. The molecule has 0 saturated carbocycles. The zero-order valence-electron chi connectivity index (χ0n) is 21.2. The number of carbonyl (C=O) groups excluding carboxylic acids is 3. The molecule has 0 fully saturated rings. The van der Waals surface area contributed by atoms with Gasteiger partial charge in [0.1, 0.15) is 35.4 Å². The number of ether oxygens (including phenoxy) is 1. The lowest BCUT2D eigenvalue weighted by molar-refractivity contribution is -0.145. The third-order valence-corrected chi connectivity index (χ3v) is 6.53. The Hall–Kier alpha value is -4.26. The summed E-state index contributed by atoms with van der Waals surface area (Å²) in [4.78, 5) is 53.2. The Morgan fingerprint density at radius 1 is 1.16 bits per heavy atom. The minimum atomic E-state index is -1.35. The summed E-state index contributed by atoms with van der Waals surface area (Å²) < 4.78 is 33.8. The second-order valence-electron chi connectivity index (χ2n) is 8.91. The van der Waals surface area contributed by atoms with E-state index in [2.05, 4.69) is 10.6 Å². The van der Waals surface area contributed by atoms with Crippen LogP contribution in [0.5, 0.6) is 0 Å². The number of benzene rings is 2. The molecule has 204 valence electrons. The van der Waals surface area contributed by atoms with Crippen LogP contribution in [-0.2, 0) is 25.7 Å². The summed E-state index contributed by atoms with van der Waals surface area (Å²) in [5.74, 6) is -4.41. The van der Waals surface area contributed by atoms with Gasteiger partial charge in [0.25, 0.3) is 5.91 Å². The second kappa shape index (κ2) is 11.4. The van der Waals surface area contributed by atoms with Crippen molar-refractivity contribution in [2.24, 2.45) is 0 Å². The molecular weight excluding hydrogens is 504 g/mol. The van der Waals surface area contributed by atoms with Gasteiger partial charge in [0.15, 0.2) is 0 Å². The SMILES string of the molecule is CO[C@H](C)[C@H](NC(=O)C(C)N(C)C(=O)O)C(=O)N1Cc2ccc(N)cc2[C@H]1C(=O)Nc1c(F)cccc1F. The number of likely N-dealkylation sites (N-methyl/N-ethyl adjacent to an activating group) is 1. The number of para-hydroxylation sites is 1. The first-order chi connectivity index (χ1) is 17.9. The predicted molar refractivity (Wildman–Crippen MR) is 133 cm³/mol. The van der Waals surface area contributed by atoms with Crippen LogP contribution < -0.4 is 16.4 Å². The maximum atomic E-state index is 14.3. The lowest BCUT2D eigenvalue weighted by Crippen LogP contribution is -2.58. The zero-order valence-corrected chi connectivity index (χ0v) is 21.2. The van der Waals surface area contributed by atoms with Gasteiger partial charge in [0, 0.05) is 26.4 Å². The van der Waals surface area contributed by atoms with E-state index in [0.29, 0.717) is 16.8 Å². The van der Waals surface area contributed by atoms with Crippen molar-refractivity contribution in [2.45, 2.75) is 44.6 Å². The van der Waals surface area contributed by atoms with E-state index in [1.165, 1.54) is 34.1 Å². The summed E-state index contributed by atoms with van der Waals surface area (Å²) in [6, 6.07) is 3.97. The maximum absolute atomic E-state index is 14.3. The number of anilines is 2. The van der Waals surface area contributed by atoms with Gasteiger partial charge in [-0.3, -0.25) is 19.3 Å². The van der Waals surface area contributed by atoms with Crippen LogP contribution in [0.4, 0.5) is 25.0 Å². The summed E-state index contributed by atoms with van der Waals surface area (Å²) in [5, 5.41) is 13.9. The second-order valence-corrected chi connectivity index (χ2v) is 8.91. The van der Waals surface area contributed by atoms with Gasteiger partial charge in [-0.1, -0.05) is 12.1 Å². The van der Waals surface area contributed by atoms with E-state index in [0.717, 1.165) is 28.0 Å². The number of hydrogen-bond donors (Lipinski definition) is 4. The first-order valence-electron chi connectivity index (χ1n) is 11.6. The van der Waals surface area contributed by atoms with E-state index in [1.54, 1.807) is 12.1 Å². The molecule has 5 N–H and O–H groups in total. The number of rotatable bonds is 8. The maximum Gasteiger partial charge on any atom is 0.407 e. The van der Waals surface area contributed by atoms with Crippen LogP contribution in [0.15, 0.2) is 36.4 Å². The average molecular weight is 534 g/mol. The highest BCUT2D eigenvalue weighted by Crippen LogP contribution is 2.37. The molecule has 13 heteroatoms. The van der Waals surface area contributed by atoms with Crippen LogP contribution in [0, 0.1) is 11.6 Å². The normalized spacial score (nSPS) is 16.7. The van der Waals surface area contributed by atoms with Crippen molar-refractivity contribution in [1.29, 1.82) is 0 Å². The number of carboxylic acid groups (broad SMARTS) is 1. The third-order valence-electron chi connectivity index (χ3n) is 6.53. The number of nitrogens with zero attached hydrogens (tertiary/aromatic N) is 2. The summed E-state index contributed by atoms with van der Waals surface area (Å²) >= 11 is 0. The van der Waals surface area contributed by atoms with Crippen LogP contribution in [0.2, 0.25) is 0 Å². The van der Waals surface area contributed by atoms with Crippen LogP contribution in [0.3, 0.4) is 0 Å². The molecule has 0 spiro atoms. The van der Waals surface area contributed by atoms with Gasteiger partial charge >= 0.3 is 6.09 Å².